The molecule has 6 heteroatoms. The van der Waals surface area contributed by atoms with Crippen LogP contribution in [0.15, 0.2) is 36.5 Å². The maximum atomic E-state index is 12.2. The van der Waals surface area contributed by atoms with Gasteiger partial charge in [-0.15, -0.1) is 0 Å². The summed E-state index contributed by atoms with van der Waals surface area (Å²) < 4.78 is 10.7. The van der Waals surface area contributed by atoms with Crippen LogP contribution in [0, 0.1) is 0 Å². The first-order valence-electron chi connectivity index (χ1n) is 6.49. The number of hydrogen-bond acceptors (Lipinski definition) is 5. The average molecular weight is 285 g/mol. The number of carbonyl (C=O) groups is 1. The number of fused-ring (bicyclic) bond motifs is 1. The second kappa shape index (κ2) is 5.32. The number of nitrogen functional groups attached to an aromatic ring is 1. The minimum atomic E-state index is -0.113. The first kappa shape index (κ1) is 13.2. The van der Waals surface area contributed by atoms with Crippen LogP contribution in [0.3, 0.4) is 0 Å². The number of methoxy groups -OCH3 is 1. The van der Waals surface area contributed by atoms with Gasteiger partial charge in [0.15, 0.2) is 6.61 Å². The summed E-state index contributed by atoms with van der Waals surface area (Å²) in [4.78, 5) is 18.0. The highest BCUT2D eigenvalue weighted by atomic mass is 16.5. The Kier molecular flexibility index (Phi) is 3.35. The lowest BCUT2D eigenvalue weighted by Crippen LogP contribution is -2.38. The summed E-state index contributed by atoms with van der Waals surface area (Å²) in [6, 6.07) is 8.94. The molecular weight excluding hydrogens is 270 g/mol. The third kappa shape index (κ3) is 2.47. The molecule has 0 unspecified atom stereocenters. The molecule has 1 amide bonds. The average Bonchev–Trinajstić information content (AvgIpc) is 2.50. The van der Waals surface area contributed by atoms with E-state index in [1.54, 1.807) is 36.4 Å². The van der Waals surface area contributed by atoms with Gasteiger partial charge < -0.3 is 20.1 Å². The van der Waals surface area contributed by atoms with Crippen LogP contribution in [-0.4, -0.2) is 24.6 Å². The fourth-order valence-corrected chi connectivity index (χ4v) is 2.29. The van der Waals surface area contributed by atoms with E-state index < -0.39 is 0 Å². The van der Waals surface area contributed by atoms with Crippen molar-refractivity contribution in [3.63, 3.8) is 0 Å². The number of nitrogens with zero attached hydrogens (tertiary/aromatic N) is 2. The minimum absolute atomic E-state index is 0.000961. The summed E-state index contributed by atoms with van der Waals surface area (Å²) >= 11 is 0. The Balaban J connectivity index is 1.97. The normalized spacial score (nSPS) is 13.6. The van der Waals surface area contributed by atoms with Gasteiger partial charge >= 0.3 is 0 Å². The quantitative estimate of drug-likeness (QED) is 0.867. The van der Waals surface area contributed by atoms with Crippen LogP contribution in [0.4, 0.5) is 11.4 Å². The third-order valence-electron chi connectivity index (χ3n) is 3.30. The van der Waals surface area contributed by atoms with Gasteiger partial charge in [0.25, 0.3) is 5.91 Å². The molecule has 0 atom stereocenters. The number of nitrogens with two attached hydrogens (primary N) is 1. The molecule has 21 heavy (non-hydrogen) atoms. The van der Waals surface area contributed by atoms with Gasteiger partial charge in [-0.05, 0) is 18.2 Å². The highest BCUT2D eigenvalue weighted by molar-refractivity contribution is 5.98. The molecule has 1 aromatic carbocycles. The first-order valence-corrected chi connectivity index (χ1v) is 6.49. The first-order chi connectivity index (χ1) is 10.2. The van der Waals surface area contributed by atoms with Crippen LogP contribution >= 0.6 is 0 Å². The molecule has 2 heterocycles. The van der Waals surface area contributed by atoms with Crippen molar-refractivity contribution in [3.05, 3.63) is 42.1 Å². The second-order valence-electron chi connectivity index (χ2n) is 4.67. The van der Waals surface area contributed by atoms with E-state index >= 15 is 0 Å². The predicted molar refractivity (Wildman–Crippen MR) is 78.3 cm³/mol. The van der Waals surface area contributed by atoms with Crippen molar-refractivity contribution >= 4 is 17.3 Å². The van der Waals surface area contributed by atoms with Gasteiger partial charge in [-0.25, -0.2) is 4.98 Å². The number of pyridine rings is 1. The molecule has 0 radical (unpaired) electrons. The lowest BCUT2D eigenvalue weighted by atomic mass is 10.1. The number of hydrogen-bond donors (Lipinski definition) is 1. The van der Waals surface area contributed by atoms with Crippen LogP contribution in [0.2, 0.25) is 0 Å². The predicted octanol–water partition coefficient (Wildman–Crippen LogP) is 1.60. The Morgan fingerprint density at radius 1 is 1.43 bits per heavy atom. The van der Waals surface area contributed by atoms with Gasteiger partial charge in [0.1, 0.15) is 5.75 Å². The molecule has 0 fully saturated rings. The number of aromatic nitrogens is 1. The van der Waals surface area contributed by atoms with E-state index in [4.69, 9.17) is 15.2 Å². The third-order valence-corrected chi connectivity index (χ3v) is 3.30. The highest BCUT2D eigenvalue weighted by Gasteiger charge is 2.26. The number of anilines is 2. The monoisotopic (exact) mass is 285 g/mol. The van der Waals surface area contributed by atoms with Crippen LogP contribution in [-0.2, 0) is 11.3 Å². The lowest BCUT2D eigenvalue weighted by Gasteiger charge is -2.29. The molecule has 0 saturated carbocycles. The molecular formula is C15H15N3O3. The van der Waals surface area contributed by atoms with Gasteiger partial charge in [0.2, 0.25) is 5.88 Å². The Morgan fingerprint density at radius 3 is 3.10 bits per heavy atom. The van der Waals surface area contributed by atoms with Crippen molar-refractivity contribution in [2.45, 2.75) is 6.54 Å². The summed E-state index contributed by atoms with van der Waals surface area (Å²) in [5, 5.41) is 0. The van der Waals surface area contributed by atoms with Gasteiger partial charge in [-0.1, -0.05) is 6.07 Å². The minimum Gasteiger partial charge on any atom is -0.481 e. The van der Waals surface area contributed by atoms with Crippen molar-refractivity contribution in [1.82, 2.24) is 4.98 Å². The van der Waals surface area contributed by atoms with E-state index in [9.17, 15) is 4.79 Å². The largest absolute Gasteiger partial charge is 0.481 e. The summed E-state index contributed by atoms with van der Waals surface area (Å²) in [7, 11) is 1.56. The zero-order chi connectivity index (χ0) is 14.8. The van der Waals surface area contributed by atoms with Crippen molar-refractivity contribution in [3.8, 4) is 11.6 Å². The molecule has 0 saturated heterocycles. The molecule has 6 nitrogen and oxygen atoms in total. The molecule has 2 aromatic rings. The lowest BCUT2D eigenvalue weighted by molar-refractivity contribution is -0.121. The van der Waals surface area contributed by atoms with Crippen molar-refractivity contribution in [2.24, 2.45) is 0 Å². The Morgan fingerprint density at radius 2 is 2.29 bits per heavy atom. The summed E-state index contributed by atoms with van der Waals surface area (Å²) in [6.07, 6.45) is 1.65. The second-order valence-corrected chi connectivity index (χ2v) is 4.67. The van der Waals surface area contributed by atoms with Gasteiger partial charge in [0, 0.05) is 23.5 Å². The topological polar surface area (TPSA) is 77.7 Å². The van der Waals surface area contributed by atoms with E-state index in [1.165, 1.54) is 0 Å². The smallest absolute Gasteiger partial charge is 0.265 e. The molecule has 3 rings (SSSR count). The van der Waals surface area contributed by atoms with Crippen molar-refractivity contribution in [2.75, 3.05) is 24.4 Å². The SMILES string of the molecule is COc1ncccc1CN1C(=O)COc2cc(N)ccc21. The number of carbonyl (C=O) groups excluding carboxylic acids is 1. The van der Waals surface area contributed by atoms with E-state index in [0.29, 0.717) is 29.5 Å². The zero-order valence-electron chi connectivity index (χ0n) is 11.6. The van der Waals surface area contributed by atoms with E-state index in [2.05, 4.69) is 4.98 Å². The molecule has 108 valence electrons. The fourth-order valence-electron chi connectivity index (χ4n) is 2.29. The van der Waals surface area contributed by atoms with Crippen LogP contribution in [0.1, 0.15) is 5.56 Å². The number of rotatable bonds is 3. The molecule has 1 aromatic heterocycles. The molecule has 2 N–H and O–H groups in total. The van der Waals surface area contributed by atoms with Crippen molar-refractivity contribution < 1.29 is 14.3 Å². The van der Waals surface area contributed by atoms with Crippen LogP contribution < -0.4 is 20.1 Å². The Hall–Kier alpha value is -2.76. The van der Waals surface area contributed by atoms with Gasteiger partial charge in [-0.2, -0.15) is 0 Å². The molecule has 1 aliphatic rings. The number of benzene rings is 1. The molecule has 0 spiro atoms. The van der Waals surface area contributed by atoms with Gasteiger partial charge in [-0.3, -0.25) is 4.79 Å². The summed E-state index contributed by atoms with van der Waals surface area (Å²) in [5.74, 6) is 1.00. The zero-order valence-corrected chi connectivity index (χ0v) is 11.6. The van der Waals surface area contributed by atoms with Crippen LogP contribution in [0.25, 0.3) is 0 Å². The molecule has 0 bridgehead atoms. The number of ether oxygens (including phenoxy) is 2. The number of amides is 1. The van der Waals surface area contributed by atoms with E-state index in [1.807, 2.05) is 12.1 Å². The van der Waals surface area contributed by atoms with Crippen LogP contribution in [0.5, 0.6) is 11.6 Å². The van der Waals surface area contributed by atoms with Gasteiger partial charge in [0.05, 0.1) is 19.3 Å². The fraction of sp³-hybridized carbons (Fsp3) is 0.200. The summed E-state index contributed by atoms with van der Waals surface area (Å²) in [5.41, 5.74) is 7.88. The Bertz CT molecular complexity index is 688. The maximum Gasteiger partial charge on any atom is 0.265 e. The molecule has 0 aliphatic carbocycles. The highest BCUT2D eigenvalue weighted by Crippen LogP contribution is 2.35. The standard InChI is InChI=1S/C15H15N3O3/c1-20-15-10(3-2-6-17-15)8-18-12-5-4-11(16)7-13(12)21-9-14(18)19/h2-7H,8-9,16H2,1H3. The Labute approximate surface area is 122 Å². The van der Waals surface area contributed by atoms with Crippen molar-refractivity contribution in [1.29, 1.82) is 0 Å². The van der Waals surface area contributed by atoms with E-state index in [0.717, 1.165) is 5.56 Å². The van der Waals surface area contributed by atoms with E-state index in [-0.39, 0.29) is 12.5 Å². The molecule has 1 aliphatic heterocycles. The maximum absolute atomic E-state index is 12.2. The summed E-state index contributed by atoms with van der Waals surface area (Å²) in [6.45, 7) is 0.370.